The van der Waals surface area contributed by atoms with Gasteiger partial charge in [-0.05, 0) is 14.0 Å². The highest BCUT2D eigenvalue weighted by atomic mass is 16.2. The lowest BCUT2D eigenvalue weighted by Crippen LogP contribution is -2.52. The number of piperazine rings is 1. The molecular weight excluding hydrogens is 166 g/mol. The van der Waals surface area contributed by atoms with Crippen LogP contribution in [0.4, 0.5) is 0 Å². The summed E-state index contributed by atoms with van der Waals surface area (Å²) in [5.41, 5.74) is 5.35. The van der Waals surface area contributed by atoms with Crippen LogP contribution < -0.4 is 5.73 Å². The summed E-state index contributed by atoms with van der Waals surface area (Å²) in [4.78, 5) is 15.7. The van der Waals surface area contributed by atoms with Gasteiger partial charge in [-0.2, -0.15) is 0 Å². The molecule has 0 aromatic rings. The predicted molar refractivity (Wildman–Crippen MR) is 52.3 cm³/mol. The van der Waals surface area contributed by atoms with Gasteiger partial charge in [-0.3, -0.25) is 4.79 Å². The van der Waals surface area contributed by atoms with Crippen molar-refractivity contribution in [3.8, 4) is 0 Å². The molecule has 0 aliphatic carbocycles. The average molecular weight is 185 g/mol. The van der Waals surface area contributed by atoms with Crippen molar-refractivity contribution in [1.82, 2.24) is 9.80 Å². The maximum Gasteiger partial charge on any atom is 0.224 e. The second-order valence-electron chi connectivity index (χ2n) is 3.74. The molecule has 1 amide bonds. The van der Waals surface area contributed by atoms with Crippen molar-refractivity contribution >= 4 is 5.91 Å². The first-order chi connectivity index (χ1) is 6.15. The smallest absolute Gasteiger partial charge is 0.224 e. The van der Waals surface area contributed by atoms with Crippen LogP contribution >= 0.6 is 0 Å². The zero-order chi connectivity index (χ0) is 9.84. The maximum atomic E-state index is 11.5. The second-order valence-corrected chi connectivity index (χ2v) is 3.74. The summed E-state index contributed by atoms with van der Waals surface area (Å²) in [6.45, 7) is 5.33. The van der Waals surface area contributed by atoms with E-state index < -0.39 is 0 Å². The Labute approximate surface area is 79.7 Å². The topological polar surface area (TPSA) is 49.6 Å². The van der Waals surface area contributed by atoms with Crippen molar-refractivity contribution in [3.63, 3.8) is 0 Å². The van der Waals surface area contributed by atoms with Crippen molar-refractivity contribution in [3.05, 3.63) is 0 Å². The van der Waals surface area contributed by atoms with E-state index in [1.807, 2.05) is 4.90 Å². The molecule has 2 N–H and O–H groups in total. The van der Waals surface area contributed by atoms with Gasteiger partial charge in [0.25, 0.3) is 0 Å². The van der Waals surface area contributed by atoms with Gasteiger partial charge in [0.05, 0.1) is 0 Å². The van der Waals surface area contributed by atoms with Crippen LogP contribution in [0.5, 0.6) is 0 Å². The summed E-state index contributed by atoms with van der Waals surface area (Å²) < 4.78 is 0. The Morgan fingerprint density at radius 2 is 2.23 bits per heavy atom. The predicted octanol–water partition coefficient (Wildman–Crippen LogP) is -0.502. The normalized spacial score (nSPS) is 24.8. The van der Waals surface area contributed by atoms with E-state index >= 15 is 0 Å². The molecule has 1 aliphatic heterocycles. The summed E-state index contributed by atoms with van der Waals surface area (Å²) in [5.74, 6) is 0.197. The molecule has 1 aliphatic rings. The molecule has 76 valence electrons. The Kier molecular flexibility index (Phi) is 3.69. The average Bonchev–Trinajstić information content (AvgIpc) is 2.04. The number of carbonyl (C=O) groups excluding carboxylic acids is 1. The van der Waals surface area contributed by atoms with Crippen LogP contribution in [0.3, 0.4) is 0 Å². The molecule has 0 aromatic carbocycles. The monoisotopic (exact) mass is 185 g/mol. The van der Waals surface area contributed by atoms with E-state index in [9.17, 15) is 4.79 Å². The van der Waals surface area contributed by atoms with Crippen molar-refractivity contribution < 1.29 is 4.79 Å². The fourth-order valence-electron chi connectivity index (χ4n) is 1.78. The maximum absolute atomic E-state index is 11.5. The lowest BCUT2D eigenvalue weighted by atomic mass is 10.2. The minimum absolute atomic E-state index is 0.197. The number of hydrogen-bond acceptors (Lipinski definition) is 3. The molecule has 4 heteroatoms. The first-order valence-corrected chi connectivity index (χ1v) is 4.83. The van der Waals surface area contributed by atoms with Gasteiger partial charge in [-0.25, -0.2) is 0 Å². The van der Waals surface area contributed by atoms with Crippen LogP contribution in [-0.4, -0.2) is 55.0 Å². The molecule has 0 saturated carbocycles. The first-order valence-electron chi connectivity index (χ1n) is 4.83. The largest absolute Gasteiger partial charge is 0.337 e. The summed E-state index contributed by atoms with van der Waals surface area (Å²) in [6.07, 6.45) is 0.480. The van der Waals surface area contributed by atoms with E-state index in [0.717, 1.165) is 19.6 Å². The number of likely N-dealkylation sites (N-methyl/N-ethyl adjacent to an activating group) is 1. The number of nitrogens with two attached hydrogens (primary N) is 1. The third-order valence-electron chi connectivity index (χ3n) is 2.51. The number of carbonyl (C=O) groups is 1. The van der Waals surface area contributed by atoms with Crippen LogP contribution in [0.1, 0.15) is 13.3 Å². The van der Waals surface area contributed by atoms with Crippen LogP contribution in [0.15, 0.2) is 0 Å². The Balaban J connectivity index is 2.45. The highest BCUT2D eigenvalue weighted by Crippen LogP contribution is 2.08. The second kappa shape index (κ2) is 4.58. The van der Waals surface area contributed by atoms with Crippen molar-refractivity contribution in [2.75, 3.05) is 33.2 Å². The number of rotatable bonds is 2. The van der Waals surface area contributed by atoms with Gasteiger partial charge in [-0.1, -0.05) is 0 Å². The number of nitrogens with zero attached hydrogens (tertiary/aromatic N) is 2. The molecule has 0 radical (unpaired) electrons. The van der Waals surface area contributed by atoms with E-state index in [1.165, 1.54) is 0 Å². The highest BCUT2D eigenvalue weighted by Gasteiger charge is 2.24. The van der Waals surface area contributed by atoms with Crippen LogP contribution in [0.25, 0.3) is 0 Å². The van der Waals surface area contributed by atoms with Crippen molar-refractivity contribution in [2.24, 2.45) is 5.73 Å². The molecule has 1 rings (SSSR count). The highest BCUT2D eigenvalue weighted by molar-refractivity contribution is 5.76. The Morgan fingerprint density at radius 3 is 2.77 bits per heavy atom. The van der Waals surface area contributed by atoms with Gasteiger partial charge >= 0.3 is 0 Å². The Bertz CT molecular complexity index is 184. The van der Waals surface area contributed by atoms with Crippen molar-refractivity contribution in [2.45, 2.75) is 19.4 Å². The molecular formula is C9H19N3O. The molecule has 4 nitrogen and oxygen atoms in total. The van der Waals surface area contributed by atoms with Gasteiger partial charge in [0.15, 0.2) is 0 Å². The van der Waals surface area contributed by atoms with E-state index in [-0.39, 0.29) is 5.91 Å². The summed E-state index contributed by atoms with van der Waals surface area (Å²) in [7, 11) is 2.08. The van der Waals surface area contributed by atoms with E-state index in [2.05, 4.69) is 18.9 Å². The fourth-order valence-corrected chi connectivity index (χ4v) is 1.78. The van der Waals surface area contributed by atoms with Crippen LogP contribution in [0.2, 0.25) is 0 Å². The Hall–Kier alpha value is -0.610. The molecule has 0 spiro atoms. The van der Waals surface area contributed by atoms with Crippen molar-refractivity contribution in [1.29, 1.82) is 0 Å². The SMILES string of the molecule is CC1CN(C)CCN1C(=O)CCN. The molecule has 1 heterocycles. The summed E-state index contributed by atoms with van der Waals surface area (Å²) in [6, 6.07) is 0.331. The lowest BCUT2D eigenvalue weighted by Gasteiger charge is -2.38. The molecule has 1 atom stereocenters. The summed E-state index contributed by atoms with van der Waals surface area (Å²) in [5, 5.41) is 0. The minimum atomic E-state index is 0.197. The fraction of sp³-hybridized carbons (Fsp3) is 0.889. The number of hydrogen-bond donors (Lipinski definition) is 1. The minimum Gasteiger partial charge on any atom is -0.337 e. The molecule has 1 saturated heterocycles. The van der Waals surface area contributed by atoms with Gasteiger partial charge < -0.3 is 15.5 Å². The standard InChI is InChI=1S/C9H19N3O/c1-8-7-11(2)5-6-12(8)9(13)3-4-10/h8H,3-7,10H2,1-2H3. The van der Waals surface area contributed by atoms with Gasteiger partial charge in [0.1, 0.15) is 0 Å². The molecule has 0 aromatic heterocycles. The van der Waals surface area contributed by atoms with E-state index in [1.54, 1.807) is 0 Å². The molecule has 1 fully saturated rings. The molecule has 0 bridgehead atoms. The van der Waals surface area contributed by atoms with E-state index in [4.69, 9.17) is 5.73 Å². The molecule has 1 unspecified atom stereocenters. The Morgan fingerprint density at radius 1 is 1.54 bits per heavy atom. The first kappa shape index (κ1) is 10.5. The van der Waals surface area contributed by atoms with E-state index in [0.29, 0.717) is 19.0 Å². The van der Waals surface area contributed by atoms with Crippen LogP contribution in [0, 0.1) is 0 Å². The zero-order valence-corrected chi connectivity index (χ0v) is 8.49. The van der Waals surface area contributed by atoms with Crippen LogP contribution in [-0.2, 0) is 4.79 Å². The third kappa shape index (κ3) is 2.67. The quantitative estimate of drug-likeness (QED) is 0.631. The third-order valence-corrected chi connectivity index (χ3v) is 2.51. The van der Waals surface area contributed by atoms with Gasteiger partial charge in [0, 0.05) is 38.6 Å². The van der Waals surface area contributed by atoms with Gasteiger partial charge in [-0.15, -0.1) is 0 Å². The molecule has 13 heavy (non-hydrogen) atoms. The lowest BCUT2D eigenvalue weighted by molar-refractivity contribution is -0.135. The summed E-state index contributed by atoms with van der Waals surface area (Å²) >= 11 is 0. The number of amides is 1. The van der Waals surface area contributed by atoms with Gasteiger partial charge in [0.2, 0.25) is 5.91 Å². The zero-order valence-electron chi connectivity index (χ0n) is 8.49.